The number of anilines is 1. The Bertz CT molecular complexity index is 438. The molecule has 0 saturated carbocycles. The molecule has 2 N–H and O–H groups in total. The fourth-order valence-electron chi connectivity index (χ4n) is 1.11. The third-order valence-electron chi connectivity index (χ3n) is 1.91. The van der Waals surface area contributed by atoms with Crippen molar-refractivity contribution in [3.8, 4) is 6.07 Å². The quantitative estimate of drug-likeness (QED) is 0.610. The summed E-state index contributed by atoms with van der Waals surface area (Å²) in [5.74, 6) is -0.423. The molecule has 0 bridgehead atoms. The summed E-state index contributed by atoms with van der Waals surface area (Å²) in [4.78, 5) is 11.0. The normalized spacial score (nSPS) is 9.40. The van der Waals surface area contributed by atoms with E-state index < -0.39 is 5.97 Å². The number of nitriles is 1. The van der Waals surface area contributed by atoms with Crippen LogP contribution in [0.25, 0.3) is 0 Å². The van der Waals surface area contributed by atoms with E-state index in [4.69, 9.17) is 22.6 Å². The molecule has 15 heavy (non-hydrogen) atoms. The largest absolute Gasteiger partial charge is 0.469 e. The highest BCUT2D eigenvalue weighted by molar-refractivity contribution is 6.33. The molecule has 5 heteroatoms. The Morgan fingerprint density at radius 2 is 2.33 bits per heavy atom. The predicted octanol–water partition coefficient (Wildman–Crippen LogP) is 1.51. The fraction of sp³-hybridized carbons (Fsp3) is 0.200. The highest BCUT2D eigenvalue weighted by atomic mass is 35.5. The number of nitrogens with two attached hydrogens (primary N) is 1. The second-order valence-corrected chi connectivity index (χ2v) is 3.30. The number of esters is 1. The summed E-state index contributed by atoms with van der Waals surface area (Å²) in [7, 11) is 1.29. The van der Waals surface area contributed by atoms with Gasteiger partial charge >= 0.3 is 5.97 Å². The molecule has 0 heterocycles. The summed E-state index contributed by atoms with van der Waals surface area (Å²) in [6, 6.07) is 4.92. The van der Waals surface area contributed by atoms with Crippen molar-refractivity contribution in [1.82, 2.24) is 0 Å². The number of nitrogen functional groups attached to an aromatic ring is 1. The van der Waals surface area contributed by atoms with Crippen molar-refractivity contribution in [2.45, 2.75) is 6.42 Å². The van der Waals surface area contributed by atoms with Crippen LogP contribution in [0.4, 0.5) is 5.69 Å². The van der Waals surface area contributed by atoms with Crippen LogP contribution in [0.5, 0.6) is 0 Å². The average Bonchev–Trinajstić information content (AvgIpc) is 2.24. The van der Waals surface area contributed by atoms with Gasteiger partial charge in [0.05, 0.1) is 35.9 Å². The van der Waals surface area contributed by atoms with Crippen molar-refractivity contribution in [2.75, 3.05) is 12.8 Å². The van der Waals surface area contributed by atoms with Gasteiger partial charge in [0.25, 0.3) is 0 Å². The zero-order valence-corrected chi connectivity index (χ0v) is 8.84. The van der Waals surface area contributed by atoms with Crippen LogP contribution in [0.3, 0.4) is 0 Å². The first-order chi connectivity index (χ1) is 7.08. The van der Waals surface area contributed by atoms with E-state index in [2.05, 4.69) is 4.74 Å². The van der Waals surface area contributed by atoms with Gasteiger partial charge in [0, 0.05) is 0 Å². The standard InChI is InChI=1S/C10H9ClN2O2/c1-15-9(14)4-7-2-6(5-12)3-8(11)10(7)13/h2-3H,4,13H2,1H3. The van der Waals surface area contributed by atoms with Gasteiger partial charge in [0.15, 0.2) is 0 Å². The van der Waals surface area contributed by atoms with Crippen molar-refractivity contribution in [2.24, 2.45) is 0 Å². The molecule has 1 aromatic rings. The predicted molar refractivity (Wildman–Crippen MR) is 56.3 cm³/mol. The number of ether oxygens (including phenoxy) is 1. The van der Waals surface area contributed by atoms with E-state index in [1.807, 2.05) is 6.07 Å². The number of methoxy groups -OCH3 is 1. The molecule has 0 saturated heterocycles. The molecule has 0 unspecified atom stereocenters. The second kappa shape index (κ2) is 4.67. The second-order valence-electron chi connectivity index (χ2n) is 2.90. The molecule has 1 aromatic carbocycles. The summed E-state index contributed by atoms with van der Waals surface area (Å²) >= 11 is 5.80. The highest BCUT2D eigenvalue weighted by Gasteiger charge is 2.10. The smallest absolute Gasteiger partial charge is 0.310 e. The maximum absolute atomic E-state index is 11.0. The lowest BCUT2D eigenvalue weighted by Crippen LogP contribution is -2.07. The van der Waals surface area contributed by atoms with Gasteiger partial charge in [-0.3, -0.25) is 4.79 Å². The number of benzene rings is 1. The minimum atomic E-state index is -0.423. The Morgan fingerprint density at radius 1 is 1.67 bits per heavy atom. The van der Waals surface area contributed by atoms with Gasteiger partial charge in [-0.1, -0.05) is 11.6 Å². The molecule has 0 aliphatic heterocycles. The van der Waals surface area contributed by atoms with E-state index in [9.17, 15) is 4.79 Å². The molecule has 78 valence electrons. The molecule has 0 radical (unpaired) electrons. The average molecular weight is 225 g/mol. The van der Waals surface area contributed by atoms with E-state index in [0.29, 0.717) is 16.8 Å². The zero-order valence-electron chi connectivity index (χ0n) is 8.08. The van der Waals surface area contributed by atoms with Crippen molar-refractivity contribution in [3.05, 3.63) is 28.3 Å². The van der Waals surface area contributed by atoms with Gasteiger partial charge in [0.2, 0.25) is 0 Å². The molecule has 0 fully saturated rings. The lowest BCUT2D eigenvalue weighted by atomic mass is 10.1. The Morgan fingerprint density at radius 3 is 2.87 bits per heavy atom. The monoisotopic (exact) mass is 224 g/mol. The van der Waals surface area contributed by atoms with Crippen LogP contribution in [-0.4, -0.2) is 13.1 Å². The molecule has 0 aliphatic carbocycles. The molecule has 0 atom stereocenters. The molecule has 0 amide bonds. The SMILES string of the molecule is COC(=O)Cc1cc(C#N)cc(Cl)c1N. The van der Waals surface area contributed by atoms with Crippen molar-refractivity contribution in [1.29, 1.82) is 5.26 Å². The molecular formula is C10H9ClN2O2. The van der Waals surface area contributed by atoms with Crippen LogP contribution in [0.15, 0.2) is 12.1 Å². The van der Waals surface area contributed by atoms with Crippen molar-refractivity contribution < 1.29 is 9.53 Å². The first kappa shape index (κ1) is 11.3. The van der Waals surface area contributed by atoms with Crippen LogP contribution >= 0.6 is 11.6 Å². The molecule has 0 aliphatic rings. The van der Waals surface area contributed by atoms with E-state index >= 15 is 0 Å². The Balaban J connectivity index is 3.12. The van der Waals surface area contributed by atoms with Gasteiger partial charge in [0.1, 0.15) is 0 Å². The Labute approximate surface area is 92.2 Å². The summed E-state index contributed by atoms with van der Waals surface area (Å²) in [5, 5.41) is 8.97. The molecule has 4 nitrogen and oxygen atoms in total. The molecule has 0 spiro atoms. The highest BCUT2D eigenvalue weighted by Crippen LogP contribution is 2.25. The first-order valence-electron chi connectivity index (χ1n) is 4.13. The lowest BCUT2D eigenvalue weighted by Gasteiger charge is -2.06. The Kier molecular flexibility index (Phi) is 3.53. The van der Waals surface area contributed by atoms with Crippen LogP contribution in [0.2, 0.25) is 5.02 Å². The van der Waals surface area contributed by atoms with E-state index in [0.717, 1.165) is 0 Å². The van der Waals surface area contributed by atoms with Crippen molar-refractivity contribution >= 4 is 23.3 Å². The number of rotatable bonds is 2. The number of halogens is 1. The van der Waals surface area contributed by atoms with Crippen molar-refractivity contribution in [3.63, 3.8) is 0 Å². The summed E-state index contributed by atoms with van der Waals surface area (Å²) in [6.07, 6.45) is 0.0115. The Hall–Kier alpha value is -1.73. The van der Waals surface area contributed by atoms with Gasteiger partial charge in [-0.2, -0.15) is 5.26 Å². The van der Waals surface area contributed by atoms with Gasteiger partial charge in [-0.05, 0) is 17.7 Å². The summed E-state index contributed by atoms with van der Waals surface area (Å²) in [6.45, 7) is 0. The fourth-order valence-corrected chi connectivity index (χ4v) is 1.35. The van der Waals surface area contributed by atoms with E-state index in [-0.39, 0.29) is 11.4 Å². The number of nitrogens with zero attached hydrogens (tertiary/aromatic N) is 1. The van der Waals surface area contributed by atoms with E-state index in [1.54, 1.807) is 0 Å². The maximum Gasteiger partial charge on any atom is 0.310 e. The number of hydrogen-bond acceptors (Lipinski definition) is 4. The zero-order chi connectivity index (χ0) is 11.4. The first-order valence-corrected chi connectivity index (χ1v) is 4.51. The summed E-state index contributed by atoms with van der Waals surface area (Å²) < 4.78 is 4.50. The number of carbonyl (C=O) groups is 1. The van der Waals surface area contributed by atoms with Crippen LogP contribution in [0, 0.1) is 11.3 Å². The number of carbonyl (C=O) groups excluding carboxylic acids is 1. The van der Waals surface area contributed by atoms with Gasteiger partial charge in [-0.25, -0.2) is 0 Å². The molecular weight excluding hydrogens is 216 g/mol. The maximum atomic E-state index is 11.0. The number of hydrogen-bond donors (Lipinski definition) is 1. The molecule has 0 aromatic heterocycles. The third-order valence-corrected chi connectivity index (χ3v) is 2.22. The summed E-state index contributed by atoms with van der Waals surface area (Å²) in [5.41, 5.74) is 6.84. The minimum Gasteiger partial charge on any atom is -0.469 e. The van der Waals surface area contributed by atoms with Gasteiger partial charge < -0.3 is 10.5 Å². The third kappa shape index (κ3) is 2.61. The topological polar surface area (TPSA) is 76.1 Å². The van der Waals surface area contributed by atoms with Crippen LogP contribution < -0.4 is 5.73 Å². The van der Waals surface area contributed by atoms with Crippen LogP contribution in [-0.2, 0) is 16.0 Å². The van der Waals surface area contributed by atoms with Crippen LogP contribution in [0.1, 0.15) is 11.1 Å². The minimum absolute atomic E-state index is 0.0115. The lowest BCUT2D eigenvalue weighted by molar-refractivity contribution is -0.139. The van der Waals surface area contributed by atoms with Gasteiger partial charge in [-0.15, -0.1) is 0 Å². The molecule has 1 rings (SSSR count). The van der Waals surface area contributed by atoms with E-state index in [1.165, 1.54) is 19.2 Å².